The number of nitrogens with zero attached hydrogens (tertiary/aromatic N) is 2. The number of carbonyl (C=O) groups is 1. The first-order chi connectivity index (χ1) is 12.2. The lowest BCUT2D eigenvalue weighted by atomic mass is 10.2. The quantitative estimate of drug-likeness (QED) is 0.569. The molecule has 0 bridgehead atoms. The van der Waals surface area contributed by atoms with Crippen molar-refractivity contribution in [2.75, 3.05) is 26.7 Å². The second kappa shape index (κ2) is 10.2. The molecule has 1 aromatic heterocycles. The summed E-state index contributed by atoms with van der Waals surface area (Å²) < 4.78 is 5.29. The van der Waals surface area contributed by atoms with Gasteiger partial charge in [0.25, 0.3) is 0 Å². The Balaban J connectivity index is 1.75. The van der Waals surface area contributed by atoms with Crippen LogP contribution < -0.4 is 10.6 Å². The summed E-state index contributed by atoms with van der Waals surface area (Å²) in [5, 5.41) is 6.24. The minimum atomic E-state index is 0.0420. The molecule has 1 amide bonds. The van der Waals surface area contributed by atoms with Gasteiger partial charge in [-0.15, -0.1) is 0 Å². The van der Waals surface area contributed by atoms with E-state index in [1.165, 1.54) is 0 Å². The number of guanidine groups is 1. The molecule has 2 aromatic rings. The third kappa shape index (κ3) is 6.33. The molecule has 0 radical (unpaired) electrons. The highest BCUT2D eigenvalue weighted by Gasteiger charge is 2.12. The van der Waals surface area contributed by atoms with Gasteiger partial charge in [0, 0.05) is 33.1 Å². The maximum Gasteiger partial charge on any atom is 0.242 e. The van der Waals surface area contributed by atoms with Gasteiger partial charge in [0.1, 0.15) is 5.76 Å². The van der Waals surface area contributed by atoms with Gasteiger partial charge in [0.15, 0.2) is 5.96 Å². The fourth-order valence-corrected chi connectivity index (χ4v) is 2.43. The van der Waals surface area contributed by atoms with Gasteiger partial charge in [-0.25, -0.2) is 0 Å². The SMILES string of the molecule is CCN(Cc1ccccc1)C(=O)CNC(=NC)NCCc1ccco1. The zero-order valence-electron chi connectivity index (χ0n) is 14.9. The molecule has 0 unspecified atom stereocenters. The molecule has 0 fully saturated rings. The van der Waals surface area contributed by atoms with Gasteiger partial charge in [-0.2, -0.15) is 0 Å². The van der Waals surface area contributed by atoms with Crippen molar-refractivity contribution in [3.63, 3.8) is 0 Å². The number of furan rings is 1. The second-order valence-electron chi connectivity index (χ2n) is 5.58. The van der Waals surface area contributed by atoms with Crippen LogP contribution in [-0.2, 0) is 17.8 Å². The average Bonchev–Trinajstić information content (AvgIpc) is 3.16. The second-order valence-corrected chi connectivity index (χ2v) is 5.58. The molecule has 1 heterocycles. The smallest absolute Gasteiger partial charge is 0.242 e. The number of carbonyl (C=O) groups excluding carboxylic acids is 1. The lowest BCUT2D eigenvalue weighted by Crippen LogP contribution is -2.44. The first kappa shape index (κ1) is 18.6. The van der Waals surface area contributed by atoms with Gasteiger partial charge in [0.2, 0.25) is 5.91 Å². The van der Waals surface area contributed by atoms with Gasteiger partial charge in [-0.05, 0) is 24.6 Å². The van der Waals surface area contributed by atoms with Crippen molar-refractivity contribution in [1.29, 1.82) is 0 Å². The summed E-state index contributed by atoms with van der Waals surface area (Å²) in [6.45, 7) is 4.16. The standard InChI is InChI=1S/C19H26N4O2/c1-3-23(15-16-8-5-4-6-9-16)18(24)14-22-19(20-2)21-12-11-17-10-7-13-25-17/h4-10,13H,3,11-12,14-15H2,1-2H3,(H2,20,21,22). The summed E-state index contributed by atoms with van der Waals surface area (Å²) in [5.41, 5.74) is 1.12. The Hall–Kier alpha value is -2.76. The van der Waals surface area contributed by atoms with E-state index in [1.54, 1.807) is 13.3 Å². The van der Waals surface area contributed by atoms with Crippen molar-refractivity contribution in [3.8, 4) is 0 Å². The van der Waals surface area contributed by atoms with Crippen LogP contribution in [0.1, 0.15) is 18.2 Å². The fraction of sp³-hybridized carbons (Fsp3) is 0.368. The Morgan fingerprint density at radius 1 is 1.16 bits per heavy atom. The fourth-order valence-electron chi connectivity index (χ4n) is 2.43. The molecule has 0 saturated heterocycles. The summed E-state index contributed by atoms with van der Waals surface area (Å²) in [6.07, 6.45) is 2.42. The highest BCUT2D eigenvalue weighted by molar-refractivity contribution is 5.86. The Morgan fingerprint density at radius 3 is 2.60 bits per heavy atom. The number of likely N-dealkylation sites (N-methyl/N-ethyl adjacent to an activating group) is 1. The average molecular weight is 342 g/mol. The predicted octanol–water partition coefficient (Wildman–Crippen LogP) is 2.04. The summed E-state index contributed by atoms with van der Waals surface area (Å²) in [5.74, 6) is 1.56. The summed E-state index contributed by atoms with van der Waals surface area (Å²) in [7, 11) is 1.69. The predicted molar refractivity (Wildman–Crippen MR) is 99.3 cm³/mol. The largest absolute Gasteiger partial charge is 0.469 e. The maximum atomic E-state index is 12.4. The maximum absolute atomic E-state index is 12.4. The van der Waals surface area contributed by atoms with Crippen LogP contribution in [0.3, 0.4) is 0 Å². The number of aliphatic imine (C=N–C) groups is 1. The number of benzene rings is 1. The van der Waals surface area contributed by atoms with Crippen molar-refractivity contribution in [2.24, 2.45) is 4.99 Å². The Kier molecular flexibility index (Phi) is 7.56. The number of nitrogens with one attached hydrogen (secondary N) is 2. The van der Waals surface area contributed by atoms with Crippen LogP contribution in [0.2, 0.25) is 0 Å². The third-order valence-electron chi connectivity index (χ3n) is 3.83. The summed E-state index contributed by atoms with van der Waals surface area (Å²) >= 11 is 0. The van der Waals surface area contributed by atoms with E-state index in [0.29, 0.717) is 25.6 Å². The van der Waals surface area contributed by atoms with Crippen LogP contribution in [-0.4, -0.2) is 43.4 Å². The molecular weight excluding hydrogens is 316 g/mol. The number of rotatable bonds is 8. The van der Waals surface area contributed by atoms with Gasteiger partial charge in [-0.3, -0.25) is 9.79 Å². The van der Waals surface area contributed by atoms with E-state index in [2.05, 4.69) is 15.6 Å². The molecule has 6 nitrogen and oxygen atoms in total. The molecule has 2 N–H and O–H groups in total. The molecular formula is C19H26N4O2. The molecule has 2 rings (SSSR count). The van der Waals surface area contributed by atoms with Crippen LogP contribution in [0.25, 0.3) is 0 Å². The van der Waals surface area contributed by atoms with Gasteiger partial charge >= 0.3 is 0 Å². The van der Waals surface area contributed by atoms with E-state index in [-0.39, 0.29) is 12.5 Å². The minimum absolute atomic E-state index is 0.0420. The van der Waals surface area contributed by atoms with E-state index in [1.807, 2.05) is 54.3 Å². The number of hydrogen-bond donors (Lipinski definition) is 2. The third-order valence-corrected chi connectivity index (χ3v) is 3.83. The zero-order valence-corrected chi connectivity index (χ0v) is 14.9. The Morgan fingerprint density at radius 2 is 1.96 bits per heavy atom. The molecule has 6 heteroatoms. The number of hydrogen-bond acceptors (Lipinski definition) is 3. The van der Waals surface area contributed by atoms with E-state index < -0.39 is 0 Å². The molecule has 0 aliphatic carbocycles. The van der Waals surface area contributed by atoms with Crippen LogP contribution in [0.15, 0.2) is 58.1 Å². The highest BCUT2D eigenvalue weighted by atomic mass is 16.3. The molecule has 0 aliphatic heterocycles. The zero-order chi connectivity index (χ0) is 17.9. The molecule has 134 valence electrons. The van der Waals surface area contributed by atoms with E-state index in [9.17, 15) is 4.79 Å². The number of amides is 1. The summed E-state index contributed by atoms with van der Waals surface area (Å²) in [4.78, 5) is 18.4. The van der Waals surface area contributed by atoms with Crippen molar-refractivity contribution in [3.05, 3.63) is 60.1 Å². The molecule has 1 aromatic carbocycles. The van der Waals surface area contributed by atoms with Crippen molar-refractivity contribution in [2.45, 2.75) is 19.9 Å². The van der Waals surface area contributed by atoms with Crippen LogP contribution in [0.5, 0.6) is 0 Å². The first-order valence-corrected chi connectivity index (χ1v) is 8.51. The van der Waals surface area contributed by atoms with Crippen LogP contribution in [0, 0.1) is 0 Å². The lowest BCUT2D eigenvalue weighted by Gasteiger charge is -2.22. The Bertz CT molecular complexity index is 653. The van der Waals surface area contributed by atoms with Crippen LogP contribution in [0.4, 0.5) is 0 Å². The van der Waals surface area contributed by atoms with Crippen molar-refractivity contribution in [1.82, 2.24) is 15.5 Å². The molecule has 0 aliphatic rings. The Labute approximate surface area is 148 Å². The van der Waals surface area contributed by atoms with E-state index in [0.717, 1.165) is 17.7 Å². The molecule has 0 atom stereocenters. The molecule has 0 saturated carbocycles. The monoisotopic (exact) mass is 342 g/mol. The van der Waals surface area contributed by atoms with E-state index >= 15 is 0 Å². The molecule has 25 heavy (non-hydrogen) atoms. The molecule has 0 spiro atoms. The van der Waals surface area contributed by atoms with Gasteiger partial charge < -0.3 is 20.0 Å². The minimum Gasteiger partial charge on any atom is -0.469 e. The lowest BCUT2D eigenvalue weighted by molar-refractivity contribution is -0.130. The first-order valence-electron chi connectivity index (χ1n) is 8.51. The highest BCUT2D eigenvalue weighted by Crippen LogP contribution is 2.04. The van der Waals surface area contributed by atoms with Gasteiger partial charge in [-0.1, -0.05) is 30.3 Å². The van der Waals surface area contributed by atoms with Crippen molar-refractivity contribution < 1.29 is 9.21 Å². The normalized spacial score (nSPS) is 11.2. The topological polar surface area (TPSA) is 69.9 Å². The van der Waals surface area contributed by atoms with E-state index in [4.69, 9.17) is 4.42 Å². The van der Waals surface area contributed by atoms with Gasteiger partial charge in [0.05, 0.1) is 12.8 Å². The summed E-state index contributed by atoms with van der Waals surface area (Å²) in [6, 6.07) is 13.8. The van der Waals surface area contributed by atoms with Crippen LogP contribution >= 0.6 is 0 Å². The van der Waals surface area contributed by atoms with Crippen molar-refractivity contribution >= 4 is 11.9 Å².